The van der Waals surface area contributed by atoms with E-state index in [1.54, 1.807) is 0 Å². The van der Waals surface area contributed by atoms with Crippen LogP contribution in [0.3, 0.4) is 0 Å². The van der Waals surface area contributed by atoms with Crippen LogP contribution in [0, 0.1) is 32.1 Å². The minimum absolute atomic E-state index is 0.289. The third-order valence-electron chi connectivity index (χ3n) is 2.70. The maximum Gasteiger partial charge on any atom is 0.301 e. The van der Waals surface area contributed by atoms with Crippen molar-refractivity contribution >= 4 is 57.6 Å². The zero-order chi connectivity index (χ0) is 18.2. The Hall–Kier alpha value is -2.30. The molecule has 0 bridgehead atoms. The quantitative estimate of drug-likeness (QED) is 0.445. The average molecular weight is 400 g/mol. The molecule has 2 rings (SSSR count). The summed E-state index contributed by atoms with van der Waals surface area (Å²) in [6.45, 7) is 0. The van der Waals surface area contributed by atoms with Crippen LogP contribution in [0.5, 0.6) is 0 Å². The number of anilines is 2. The minimum Gasteiger partial charge on any atom is -0.341 e. The number of hydrogen-bond donors (Lipinski definition) is 1. The molecule has 0 aliphatic heterocycles. The first-order valence-electron chi connectivity index (χ1n) is 5.72. The Morgan fingerprint density at radius 1 is 0.917 bits per heavy atom. The molecule has 0 fully saturated rings. The lowest BCUT2D eigenvalue weighted by Crippen LogP contribution is -2.05. The van der Waals surface area contributed by atoms with Crippen molar-refractivity contribution in [1.82, 2.24) is 4.98 Å². The average Bonchev–Trinajstić information content (AvgIpc) is 2.49. The van der Waals surface area contributed by atoms with E-state index in [0.717, 1.165) is 12.1 Å². The predicted molar refractivity (Wildman–Crippen MR) is 82.2 cm³/mol. The number of nitro benzene ring substituents is 2. The summed E-state index contributed by atoms with van der Waals surface area (Å²) in [5, 5.41) is 22.4. The molecule has 13 heteroatoms. The summed E-state index contributed by atoms with van der Waals surface area (Å²) in [5.41, 5.74) is -3.00. The number of nitrogens with zero attached hydrogens (tertiary/aromatic N) is 3. The summed E-state index contributed by atoms with van der Waals surface area (Å²) in [7, 11) is 0. The van der Waals surface area contributed by atoms with Crippen molar-refractivity contribution in [3.05, 3.63) is 59.3 Å². The third-order valence-corrected chi connectivity index (χ3v) is 3.61. The Morgan fingerprint density at radius 2 is 1.33 bits per heavy atom. The first-order chi connectivity index (χ1) is 11.1. The summed E-state index contributed by atoms with van der Waals surface area (Å²) in [4.78, 5) is 23.0. The molecule has 24 heavy (non-hydrogen) atoms. The highest BCUT2D eigenvalue weighted by molar-refractivity contribution is 6.39. The second-order valence-electron chi connectivity index (χ2n) is 4.15. The highest BCUT2D eigenvalue weighted by Crippen LogP contribution is 2.43. The smallest absolute Gasteiger partial charge is 0.301 e. The van der Waals surface area contributed by atoms with Crippen LogP contribution in [0.15, 0.2) is 12.1 Å². The van der Waals surface area contributed by atoms with Gasteiger partial charge in [0.2, 0.25) is 11.9 Å². The van der Waals surface area contributed by atoms with Gasteiger partial charge in [-0.15, -0.1) is 0 Å². The topological polar surface area (TPSA) is 111 Å². The highest BCUT2D eigenvalue weighted by Gasteiger charge is 2.29. The van der Waals surface area contributed by atoms with Gasteiger partial charge in [0.25, 0.3) is 0 Å². The van der Waals surface area contributed by atoms with Gasteiger partial charge in [0.1, 0.15) is 10.0 Å². The number of nitro groups is 2. The van der Waals surface area contributed by atoms with Crippen LogP contribution in [0.2, 0.25) is 15.1 Å². The van der Waals surface area contributed by atoms with Gasteiger partial charge < -0.3 is 5.32 Å². The second kappa shape index (κ2) is 6.67. The molecule has 8 nitrogen and oxygen atoms in total. The van der Waals surface area contributed by atoms with Crippen molar-refractivity contribution in [2.45, 2.75) is 0 Å². The van der Waals surface area contributed by atoms with Gasteiger partial charge in [0.05, 0.1) is 20.6 Å². The van der Waals surface area contributed by atoms with E-state index in [1.165, 1.54) is 0 Å². The summed E-state index contributed by atoms with van der Waals surface area (Å²) in [5.74, 6) is -2.92. The fourth-order valence-electron chi connectivity index (χ4n) is 1.72. The van der Waals surface area contributed by atoms with Crippen molar-refractivity contribution in [2.24, 2.45) is 0 Å². The molecule has 2 aromatic rings. The summed E-state index contributed by atoms with van der Waals surface area (Å²) in [6.07, 6.45) is 0. The minimum atomic E-state index is -1.46. The van der Waals surface area contributed by atoms with E-state index in [-0.39, 0.29) is 5.02 Å². The molecule has 0 aliphatic rings. The Morgan fingerprint density at radius 3 is 1.71 bits per heavy atom. The van der Waals surface area contributed by atoms with Crippen LogP contribution in [0.25, 0.3) is 0 Å². The fraction of sp³-hybridized carbons (Fsp3) is 0. The molecule has 126 valence electrons. The first-order valence-corrected chi connectivity index (χ1v) is 6.86. The van der Waals surface area contributed by atoms with Crippen LogP contribution < -0.4 is 5.32 Å². The first kappa shape index (κ1) is 18.0. The number of pyridine rings is 1. The molecule has 0 amide bonds. The van der Waals surface area contributed by atoms with Crippen LogP contribution in [0.1, 0.15) is 0 Å². The zero-order valence-corrected chi connectivity index (χ0v) is 13.3. The van der Waals surface area contributed by atoms with Crippen LogP contribution >= 0.6 is 34.8 Å². The van der Waals surface area contributed by atoms with Gasteiger partial charge in [-0.2, -0.15) is 13.8 Å². The molecule has 0 aliphatic carbocycles. The number of hydrogen-bond acceptors (Lipinski definition) is 6. The van der Waals surface area contributed by atoms with E-state index >= 15 is 0 Å². The molecule has 1 aromatic carbocycles. The Bertz CT molecular complexity index is 820. The Balaban J connectivity index is 2.75. The molecule has 0 atom stereocenters. The van der Waals surface area contributed by atoms with E-state index in [1.807, 2.05) is 0 Å². The predicted octanol–water partition coefficient (Wildman–Crippen LogP) is 4.88. The van der Waals surface area contributed by atoms with E-state index in [9.17, 15) is 29.0 Å². The molecule has 0 spiro atoms. The molecule has 0 radical (unpaired) electrons. The SMILES string of the molecule is O=[N+]([O-])c1cc(Cl)cc([N+](=O)[O-])c1Nc1c(Cl)c(F)nc(F)c1Cl. The number of nitrogens with one attached hydrogen (secondary N) is 1. The van der Waals surface area contributed by atoms with Crippen molar-refractivity contribution in [3.8, 4) is 0 Å². The largest absolute Gasteiger partial charge is 0.341 e. The van der Waals surface area contributed by atoms with Gasteiger partial charge in [-0.05, 0) is 0 Å². The molecule has 0 saturated carbocycles. The Kier molecular flexibility index (Phi) is 5.02. The summed E-state index contributed by atoms with van der Waals surface area (Å²) in [6, 6.07) is 1.62. The van der Waals surface area contributed by atoms with Crippen LogP contribution in [0.4, 0.5) is 31.5 Å². The van der Waals surface area contributed by atoms with Gasteiger partial charge >= 0.3 is 11.4 Å². The van der Waals surface area contributed by atoms with Gasteiger partial charge in [0, 0.05) is 12.1 Å². The van der Waals surface area contributed by atoms with Gasteiger partial charge in [-0.25, -0.2) is 0 Å². The second-order valence-corrected chi connectivity index (χ2v) is 5.35. The highest BCUT2D eigenvalue weighted by atomic mass is 35.5. The fourth-order valence-corrected chi connectivity index (χ4v) is 2.34. The normalized spacial score (nSPS) is 10.5. The van der Waals surface area contributed by atoms with E-state index < -0.39 is 54.5 Å². The van der Waals surface area contributed by atoms with Gasteiger partial charge in [-0.3, -0.25) is 20.2 Å². The van der Waals surface area contributed by atoms with Gasteiger partial charge in [-0.1, -0.05) is 34.8 Å². The monoisotopic (exact) mass is 398 g/mol. The van der Waals surface area contributed by atoms with E-state index in [4.69, 9.17) is 34.8 Å². The molecule has 0 unspecified atom stereocenters. The standard InChI is InChI=1S/C11H3Cl3F2N4O4/c12-3-1-4(19(21)22)8(5(2-3)20(23)24)17-9-6(13)10(15)18-11(16)7(9)14/h1-2H,(H,17,18). The summed E-state index contributed by atoms with van der Waals surface area (Å²) >= 11 is 16.8. The maximum atomic E-state index is 13.4. The van der Waals surface area contributed by atoms with Crippen molar-refractivity contribution in [1.29, 1.82) is 0 Å². The van der Waals surface area contributed by atoms with Gasteiger partial charge in [0.15, 0.2) is 5.69 Å². The molecule has 0 saturated heterocycles. The molecular formula is C11H3Cl3F2N4O4. The molecule has 1 aromatic heterocycles. The van der Waals surface area contributed by atoms with Crippen LogP contribution in [-0.2, 0) is 0 Å². The van der Waals surface area contributed by atoms with Crippen molar-refractivity contribution < 1.29 is 18.6 Å². The third kappa shape index (κ3) is 3.30. The number of aromatic nitrogens is 1. The van der Waals surface area contributed by atoms with E-state index in [0.29, 0.717) is 0 Å². The van der Waals surface area contributed by atoms with Crippen molar-refractivity contribution in [2.75, 3.05) is 5.32 Å². The molecular weight excluding hydrogens is 396 g/mol. The number of benzene rings is 1. The lowest BCUT2D eigenvalue weighted by atomic mass is 10.2. The number of rotatable bonds is 4. The number of halogens is 5. The molecule has 1 heterocycles. The maximum absolute atomic E-state index is 13.4. The zero-order valence-electron chi connectivity index (χ0n) is 11.0. The Labute approximate surface area is 146 Å². The lowest BCUT2D eigenvalue weighted by molar-refractivity contribution is -0.392. The van der Waals surface area contributed by atoms with E-state index in [2.05, 4.69) is 10.3 Å². The van der Waals surface area contributed by atoms with Crippen molar-refractivity contribution in [3.63, 3.8) is 0 Å². The summed E-state index contributed by atoms with van der Waals surface area (Å²) < 4.78 is 26.9. The molecule has 1 N–H and O–H groups in total. The van der Waals surface area contributed by atoms with Crippen LogP contribution in [-0.4, -0.2) is 14.8 Å². The lowest BCUT2D eigenvalue weighted by Gasteiger charge is -2.12.